The Morgan fingerprint density at radius 2 is 1.85 bits per heavy atom. The summed E-state index contributed by atoms with van der Waals surface area (Å²) < 4.78 is 13.0. The Balaban J connectivity index is 2.47. The van der Waals surface area contributed by atoms with Crippen molar-refractivity contribution in [2.24, 2.45) is 5.73 Å². The molecule has 0 aliphatic heterocycles. The molecule has 0 fully saturated rings. The highest BCUT2D eigenvalue weighted by molar-refractivity contribution is 5.94. The zero-order valence-corrected chi connectivity index (χ0v) is 11.0. The summed E-state index contributed by atoms with van der Waals surface area (Å²) >= 11 is 0. The highest BCUT2D eigenvalue weighted by atomic mass is 19.1. The van der Waals surface area contributed by atoms with Crippen LogP contribution in [0.25, 0.3) is 11.1 Å². The lowest BCUT2D eigenvalue weighted by molar-refractivity contribution is 0.100. The molecule has 104 valence electrons. The van der Waals surface area contributed by atoms with Crippen LogP contribution in [0.2, 0.25) is 0 Å². The van der Waals surface area contributed by atoms with Crippen molar-refractivity contribution < 1.29 is 14.3 Å². The van der Waals surface area contributed by atoms with E-state index in [9.17, 15) is 9.18 Å². The summed E-state index contributed by atoms with van der Waals surface area (Å²) in [5.41, 5.74) is 8.37. The minimum atomic E-state index is -0.498. The first-order chi connectivity index (χ1) is 9.61. The quantitative estimate of drug-likeness (QED) is 0.879. The van der Waals surface area contributed by atoms with Gasteiger partial charge in [0.1, 0.15) is 5.82 Å². The first-order valence-electron chi connectivity index (χ1n) is 6.41. The lowest BCUT2D eigenvalue weighted by Crippen LogP contribution is -2.11. The molecule has 0 aliphatic rings. The van der Waals surface area contributed by atoms with Crippen LogP contribution in [0, 0.1) is 5.82 Å². The van der Waals surface area contributed by atoms with Gasteiger partial charge in [0.2, 0.25) is 5.91 Å². The second-order valence-electron chi connectivity index (χ2n) is 4.57. The van der Waals surface area contributed by atoms with Crippen LogP contribution in [-0.2, 0) is 6.42 Å². The number of hydrogen-bond acceptors (Lipinski definition) is 2. The molecule has 0 aromatic heterocycles. The molecule has 2 aromatic rings. The molecule has 0 radical (unpaired) electrons. The van der Waals surface area contributed by atoms with E-state index in [1.807, 2.05) is 6.07 Å². The van der Waals surface area contributed by atoms with Gasteiger partial charge in [0.25, 0.3) is 0 Å². The van der Waals surface area contributed by atoms with E-state index in [0.717, 1.165) is 16.7 Å². The number of amides is 1. The van der Waals surface area contributed by atoms with Crippen molar-refractivity contribution in [3.63, 3.8) is 0 Å². The van der Waals surface area contributed by atoms with Crippen LogP contribution in [-0.4, -0.2) is 17.6 Å². The van der Waals surface area contributed by atoms with E-state index >= 15 is 0 Å². The monoisotopic (exact) mass is 273 g/mol. The Morgan fingerprint density at radius 1 is 1.15 bits per heavy atom. The van der Waals surface area contributed by atoms with Crippen molar-refractivity contribution in [3.8, 4) is 11.1 Å². The Hall–Kier alpha value is -2.20. The molecule has 0 atom stereocenters. The number of nitrogens with two attached hydrogens (primary N) is 1. The highest BCUT2D eigenvalue weighted by Gasteiger charge is 2.09. The van der Waals surface area contributed by atoms with Crippen molar-refractivity contribution in [2.45, 2.75) is 12.8 Å². The molecule has 3 N–H and O–H groups in total. The summed E-state index contributed by atoms with van der Waals surface area (Å²) in [5, 5.41) is 8.94. The van der Waals surface area contributed by atoms with Crippen molar-refractivity contribution in [1.82, 2.24) is 0 Å². The summed E-state index contributed by atoms with van der Waals surface area (Å²) in [7, 11) is 0. The zero-order chi connectivity index (χ0) is 14.5. The SMILES string of the molecule is NC(=O)c1ccc(CCCO)c(-c2ccc(F)cc2)c1. The summed E-state index contributed by atoms with van der Waals surface area (Å²) in [6.07, 6.45) is 1.31. The standard InChI is InChI=1S/C16H16FNO2/c17-14-7-5-12(6-8-14)15-10-13(16(18)20)4-3-11(15)2-1-9-19/h3-8,10,19H,1-2,9H2,(H2,18,20). The average Bonchev–Trinajstić information content (AvgIpc) is 2.45. The van der Waals surface area contributed by atoms with E-state index in [0.29, 0.717) is 18.4 Å². The number of hydrogen-bond donors (Lipinski definition) is 2. The molecule has 0 aliphatic carbocycles. The van der Waals surface area contributed by atoms with E-state index in [1.165, 1.54) is 12.1 Å². The van der Waals surface area contributed by atoms with Crippen LogP contribution in [0.4, 0.5) is 4.39 Å². The van der Waals surface area contributed by atoms with Gasteiger partial charge in [-0.15, -0.1) is 0 Å². The van der Waals surface area contributed by atoms with Gasteiger partial charge < -0.3 is 10.8 Å². The van der Waals surface area contributed by atoms with Crippen LogP contribution < -0.4 is 5.73 Å². The largest absolute Gasteiger partial charge is 0.396 e. The maximum absolute atomic E-state index is 13.0. The van der Waals surface area contributed by atoms with Gasteiger partial charge in [-0.2, -0.15) is 0 Å². The molecule has 0 unspecified atom stereocenters. The molecule has 0 saturated carbocycles. The zero-order valence-electron chi connectivity index (χ0n) is 11.0. The first kappa shape index (κ1) is 14.2. The summed E-state index contributed by atoms with van der Waals surface area (Å²) in [4.78, 5) is 11.3. The number of primary amides is 1. The van der Waals surface area contributed by atoms with Gasteiger partial charge in [-0.05, 0) is 53.8 Å². The van der Waals surface area contributed by atoms with Gasteiger partial charge in [-0.25, -0.2) is 4.39 Å². The first-order valence-corrected chi connectivity index (χ1v) is 6.41. The second-order valence-corrected chi connectivity index (χ2v) is 4.57. The number of carbonyl (C=O) groups is 1. The third-order valence-corrected chi connectivity index (χ3v) is 3.15. The number of benzene rings is 2. The summed E-state index contributed by atoms with van der Waals surface area (Å²) in [6.45, 7) is 0.0976. The van der Waals surface area contributed by atoms with E-state index < -0.39 is 5.91 Å². The van der Waals surface area contributed by atoms with Gasteiger partial charge in [-0.3, -0.25) is 4.79 Å². The van der Waals surface area contributed by atoms with Gasteiger partial charge in [0.05, 0.1) is 0 Å². The van der Waals surface area contributed by atoms with Crippen LogP contribution >= 0.6 is 0 Å². The van der Waals surface area contributed by atoms with Crippen molar-refractivity contribution in [1.29, 1.82) is 0 Å². The third kappa shape index (κ3) is 3.22. The Morgan fingerprint density at radius 3 is 2.45 bits per heavy atom. The molecular formula is C16H16FNO2. The Labute approximate surface area is 116 Å². The fourth-order valence-corrected chi connectivity index (χ4v) is 2.12. The van der Waals surface area contributed by atoms with Gasteiger partial charge in [-0.1, -0.05) is 18.2 Å². The lowest BCUT2D eigenvalue weighted by atomic mass is 9.94. The van der Waals surface area contributed by atoms with Crippen LogP contribution in [0.5, 0.6) is 0 Å². The Bertz CT molecular complexity index is 608. The van der Waals surface area contributed by atoms with E-state index in [-0.39, 0.29) is 12.4 Å². The molecule has 0 saturated heterocycles. The number of halogens is 1. The van der Waals surface area contributed by atoms with E-state index in [4.69, 9.17) is 10.8 Å². The van der Waals surface area contributed by atoms with Gasteiger partial charge in [0, 0.05) is 12.2 Å². The smallest absolute Gasteiger partial charge is 0.248 e. The molecule has 0 spiro atoms. The van der Waals surface area contributed by atoms with E-state index in [1.54, 1.807) is 24.3 Å². The molecular weight excluding hydrogens is 257 g/mol. The predicted octanol–water partition coefficient (Wildman–Crippen LogP) is 2.52. The molecule has 20 heavy (non-hydrogen) atoms. The number of rotatable bonds is 5. The number of aryl methyl sites for hydroxylation is 1. The van der Waals surface area contributed by atoms with Crippen LogP contribution in [0.15, 0.2) is 42.5 Å². The average molecular weight is 273 g/mol. The number of aliphatic hydroxyl groups excluding tert-OH is 1. The fourth-order valence-electron chi connectivity index (χ4n) is 2.12. The fraction of sp³-hybridized carbons (Fsp3) is 0.188. The molecule has 4 heteroatoms. The number of carbonyl (C=O) groups excluding carboxylic acids is 1. The predicted molar refractivity (Wildman–Crippen MR) is 75.8 cm³/mol. The minimum absolute atomic E-state index is 0.0976. The van der Waals surface area contributed by atoms with Gasteiger partial charge in [0.15, 0.2) is 0 Å². The minimum Gasteiger partial charge on any atom is -0.396 e. The molecule has 3 nitrogen and oxygen atoms in total. The van der Waals surface area contributed by atoms with E-state index in [2.05, 4.69) is 0 Å². The molecule has 2 aromatic carbocycles. The normalized spacial score (nSPS) is 10.5. The van der Waals surface area contributed by atoms with Crippen LogP contribution in [0.1, 0.15) is 22.3 Å². The van der Waals surface area contributed by atoms with Crippen LogP contribution in [0.3, 0.4) is 0 Å². The van der Waals surface area contributed by atoms with Crippen molar-refractivity contribution in [2.75, 3.05) is 6.61 Å². The topological polar surface area (TPSA) is 63.3 Å². The second kappa shape index (κ2) is 6.30. The van der Waals surface area contributed by atoms with Gasteiger partial charge >= 0.3 is 0 Å². The molecule has 0 heterocycles. The van der Waals surface area contributed by atoms with Crippen molar-refractivity contribution >= 4 is 5.91 Å². The highest BCUT2D eigenvalue weighted by Crippen LogP contribution is 2.26. The summed E-state index contributed by atoms with van der Waals surface area (Å²) in [6, 6.07) is 11.3. The number of aliphatic hydroxyl groups is 1. The third-order valence-electron chi connectivity index (χ3n) is 3.15. The van der Waals surface area contributed by atoms with Crippen molar-refractivity contribution in [3.05, 3.63) is 59.4 Å². The Kier molecular flexibility index (Phi) is 4.48. The molecule has 1 amide bonds. The maximum atomic E-state index is 13.0. The lowest BCUT2D eigenvalue weighted by Gasteiger charge is -2.11. The molecule has 0 bridgehead atoms. The molecule has 2 rings (SSSR count). The maximum Gasteiger partial charge on any atom is 0.248 e. The summed E-state index contributed by atoms with van der Waals surface area (Å²) in [5.74, 6) is -0.807.